The summed E-state index contributed by atoms with van der Waals surface area (Å²) in [7, 11) is 0. The Balaban J connectivity index is 2.10. The normalized spacial score (nSPS) is 12.8. The molecule has 0 aliphatic carbocycles. The number of halogens is 3. The lowest BCUT2D eigenvalue weighted by molar-refractivity contribution is 0.523. The van der Waals surface area contributed by atoms with E-state index in [0.29, 0.717) is 21.9 Å². The van der Waals surface area contributed by atoms with Crippen LogP contribution in [0, 0.1) is 5.82 Å². The molecule has 3 aromatic rings. The molecule has 1 atom stereocenters. The highest BCUT2D eigenvalue weighted by molar-refractivity contribution is 6.34. The van der Waals surface area contributed by atoms with Crippen LogP contribution in [0.25, 0.3) is 11.0 Å². The average molecular weight is 310 g/mol. The Hall–Kier alpha value is -1.55. The molecule has 5 heteroatoms. The predicted octanol–water partition coefficient (Wildman–Crippen LogP) is 4.93. The molecule has 2 aromatic carbocycles. The van der Waals surface area contributed by atoms with E-state index in [1.54, 1.807) is 24.3 Å². The van der Waals surface area contributed by atoms with Gasteiger partial charge in [-0.05, 0) is 23.8 Å². The number of hydrogen-bond donors (Lipinski definition) is 1. The van der Waals surface area contributed by atoms with Crippen LogP contribution in [-0.2, 0) is 0 Å². The molecule has 0 aliphatic heterocycles. The number of para-hydroxylation sites is 1. The molecular weight excluding hydrogens is 300 g/mol. The van der Waals surface area contributed by atoms with Crippen molar-refractivity contribution in [3.8, 4) is 0 Å². The maximum atomic E-state index is 13.5. The zero-order valence-corrected chi connectivity index (χ0v) is 11.8. The van der Waals surface area contributed by atoms with Crippen LogP contribution in [0.5, 0.6) is 0 Å². The molecule has 0 fully saturated rings. The molecule has 0 saturated carbocycles. The second kappa shape index (κ2) is 5.09. The van der Waals surface area contributed by atoms with Crippen molar-refractivity contribution in [1.82, 2.24) is 0 Å². The molecule has 0 bridgehead atoms. The minimum atomic E-state index is -0.651. The van der Waals surface area contributed by atoms with Gasteiger partial charge in [-0.3, -0.25) is 0 Å². The molecule has 3 rings (SSSR count). The molecule has 2 N–H and O–H groups in total. The van der Waals surface area contributed by atoms with E-state index in [0.717, 1.165) is 5.39 Å². The monoisotopic (exact) mass is 309 g/mol. The van der Waals surface area contributed by atoms with Crippen LogP contribution in [0.15, 0.2) is 46.9 Å². The van der Waals surface area contributed by atoms with E-state index in [1.807, 2.05) is 12.1 Å². The lowest BCUT2D eigenvalue weighted by Crippen LogP contribution is -2.11. The highest BCUT2D eigenvalue weighted by Gasteiger charge is 2.19. The summed E-state index contributed by atoms with van der Waals surface area (Å²) in [5.74, 6) is -0.0191. The van der Waals surface area contributed by atoms with Crippen LogP contribution in [0.4, 0.5) is 4.39 Å². The van der Waals surface area contributed by atoms with Gasteiger partial charge in [0.1, 0.15) is 11.6 Å². The van der Waals surface area contributed by atoms with E-state index in [4.69, 9.17) is 33.4 Å². The molecule has 1 unspecified atom stereocenters. The van der Waals surface area contributed by atoms with Crippen LogP contribution in [0.3, 0.4) is 0 Å². The van der Waals surface area contributed by atoms with Crippen molar-refractivity contribution in [3.05, 3.63) is 69.7 Å². The first-order valence-electron chi connectivity index (χ1n) is 5.95. The number of furan rings is 1. The number of nitrogens with two attached hydrogens (primary N) is 1. The molecule has 20 heavy (non-hydrogen) atoms. The zero-order valence-electron chi connectivity index (χ0n) is 10.2. The fourth-order valence-corrected chi connectivity index (χ4v) is 2.58. The Bertz CT molecular complexity index is 785. The number of rotatable bonds is 2. The second-order valence-corrected chi connectivity index (χ2v) is 5.21. The Labute approximate surface area is 124 Å². The van der Waals surface area contributed by atoms with Gasteiger partial charge >= 0.3 is 0 Å². The van der Waals surface area contributed by atoms with Crippen LogP contribution < -0.4 is 5.73 Å². The average Bonchev–Trinajstić information content (AvgIpc) is 2.87. The highest BCUT2D eigenvalue weighted by atomic mass is 35.5. The fraction of sp³-hybridized carbons (Fsp3) is 0.0667. The number of benzene rings is 2. The maximum absolute atomic E-state index is 13.5. The van der Waals surface area contributed by atoms with E-state index in [9.17, 15) is 4.39 Å². The van der Waals surface area contributed by atoms with Gasteiger partial charge in [0.15, 0.2) is 5.58 Å². The van der Waals surface area contributed by atoms with Gasteiger partial charge in [-0.2, -0.15) is 0 Å². The quantitative estimate of drug-likeness (QED) is 0.729. The third-order valence-electron chi connectivity index (χ3n) is 3.14. The van der Waals surface area contributed by atoms with E-state index >= 15 is 0 Å². The van der Waals surface area contributed by atoms with Crippen molar-refractivity contribution < 1.29 is 8.81 Å². The molecule has 102 valence electrons. The summed E-state index contributed by atoms with van der Waals surface area (Å²) in [4.78, 5) is 0. The van der Waals surface area contributed by atoms with Crippen molar-refractivity contribution in [2.24, 2.45) is 5.73 Å². The second-order valence-electron chi connectivity index (χ2n) is 4.43. The summed E-state index contributed by atoms with van der Waals surface area (Å²) in [6.45, 7) is 0. The lowest BCUT2D eigenvalue weighted by Gasteiger charge is -2.11. The van der Waals surface area contributed by atoms with Gasteiger partial charge in [0.2, 0.25) is 0 Å². The summed E-state index contributed by atoms with van der Waals surface area (Å²) >= 11 is 12.0. The van der Waals surface area contributed by atoms with E-state index in [1.165, 1.54) is 6.07 Å². The molecule has 0 amide bonds. The fourth-order valence-electron chi connectivity index (χ4n) is 2.11. The third kappa shape index (κ3) is 2.18. The highest BCUT2D eigenvalue weighted by Crippen LogP contribution is 2.33. The Kier molecular flexibility index (Phi) is 3.42. The summed E-state index contributed by atoms with van der Waals surface area (Å²) in [6.07, 6.45) is 0. The number of hydrogen-bond acceptors (Lipinski definition) is 2. The third-order valence-corrected chi connectivity index (χ3v) is 3.83. The maximum Gasteiger partial charge on any atom is 0.152 e. The van der Waals surface area contributed by atoms with Gasteiger partial charge in [-0.25, -0.2) is 4.39 Å². The van der Waals surface area contributed by atoms with Gasteiger partial charge in [-0.1, -0.05) is 47.5 Å². The molecule has 1 heterocycles. The Morgan fingerprint density at radius 3 is 2.60 bits per heavy atom. The first-order chi connectivity index (χ1) is 9.58. The van der Waals surface area contributed by atoms with Gasteiger partial charge < -0.3 is 10.2 Å². The minimum Gasteiger partial charge on any atom is -0.457 e. The first kappa shape index (κ1) is 13.4. The number of fused-ring (bicyclic) bond motifs is 1. The Morgan fingerprint density at radius 2 is 1.85 bits per heavy atom. The van der Waals surface area contributed by atoms with Crippen LogP contribution in [0.2, 0.25) is 10.0 Å². The van der Waals surface area contributed by atoms with E-state index in [-0.39, 0.29) is 5.02 Å². The summed E-state index contributed by atoms with van der Waals surface area (Å²) in [5.41, 5.74) is 7.15. The molecule has 0 spiro atoms. The topological polar surface area (TPSA) is 39.2 Å². The molecular formula is C15H10Cl2FNO. The molecule has 0 radical (unpaired) electrons. The minimum absolute atomic E-state index is 0.00607. The predicted molar refractivity (Wildman–Crippen MR) is 78.7 cm³/mol. The van der Waals surface area contributed by atoms with Crippen LogP contribution >= 0.6 is 23.2 Å². The van der Waals surface area contributed by atoms with Gasteiger partial charge in [0, 0.05) is 5.39 Å². The lowest BCUT2D eigenvalue weighted by atomic mass is 10.0. The van der Waals surface area contributed by atoms with Gasteiger partial charge in [-0.15, -0.1) is 0 Å². The molecule has 2 nitrogen and oxygen atoms in total. The van der Waals surface area contributed by atoms with Crippen LogP contribution in [-0.4, -0.2) is 0 Å². The van der Waals surface area contributed by atoms with Crippen molar-refractivity contribution in [2.75, 3.05) is 0 Å². The standard InChI is InChI=1S/C15H10Cl2FNO/c16-10-5-1-3-8-7-12(20-15(8)10)14(19)9-4-2-6-11(18)13(9)17/h1-7,14H,19H2. The summed E-state index contributed by atoms with van der Waals surface area (Å²) in [6, 6.07) is 11.1. The van der Waals surface area contributed by atoms with Crippen molar-refractivity contribution in [1.29, 1.82) is 0 Å². The van der Waals surface area contributed by atoms with Gasteiger partial charge in [0.05, 0.1) is 16.1 Å². The van der Waals surface area contributed by atoms with Crippen molar-refractivity contribution in [3.63, 3.8) is 0 Å². The Morgan fingerprint density at radius 1 is 1.10 bits per heavy atom. The van der Waals surface area contributed by atoms with E-state index < -0.39 is 11.9 Å². The smallest absolute Gasteiger partial charge is 0.152 e. The molecule has 1 aromatic heterocycles. The van der Waals surface area contributed by atoms with Crippen molar-refractivity contribution in [2.45, 2.75) is 6.04 Å². The zero-order chi connectivity index (χ0) is 14.3. The summed E-state index contributed by atoms with van der Waals surface area (Å²) in [5, 5.41) is 1.35. The first-order valence-corrected chi connectivity index (χ1v) is 6.71. The largest absolute Gasteiger partial charge is 0.457 e. The van der Waals surface area contributed by atoms with E-state index in [2.05, 4.69) is 0 Å². The SMILES string of the molecule is NC(c1cc2cccc(Cl)c2o1)c1cccc(F)c1Cl. The molecule has 0 saturated heterocycles. The van der Waals surface area contributed by atoms with Crippen molar-refractivity contribution >= 4 is 34.2 Å². The van der Waals surface area contributed by atoms with Gasteiger partial charge in [0.25, 0.3) is 0 Å². The molecule has 0 aliphatic rings. The van der Waals surface area contributed by atoms with Crippen LogP contribution in [0.1, 0.15) is 17.4 Å². The summed E-state index contributed by atoms with van der Waals surface area (Å²) < 4.78 is 19.2.